The lowest BCUT2D eigenvalue weighted by Crippen LogP contribution is -2.40. The Morgan fingerprint density at radius 2 is 1.74 bits per heavy atom. The lowest BCUT2D eigenvalue weighted by atomic mass is 10.1. The summed E-state index contributed by atoms with van der Waals surface area (Å²) < 4.78 is 10.6. The summed E-state index contributed by atoms with van der Waals surface area (Å²) in [6, 6.07) is 11.5. The van der Waals surface area contributed by atoms with Gasteiger partial charge in [0.2, 0.25) is 5.91 Å². The average Bonchev–Trinajstić information content (AvgIpc) is 3.21. The number of para-hydroxylation sites is 1. The van der Waals surface area contributed by atoms with Gasteiger partial charge in [0.05, 0.1) is 6.54 Å². The van der Waals surface area contributed by atoms with Gasteiger partial charge in [-0.2, -0.15) is 0 Å². The molecule has 3 rings (SSSR count). The van der Waals surface area contributed by atoms with Crippen molar-refractivity contribution in [3.8, 4) is 5.75 Å². The van der Waals surface area contributed by atoms with Crippen molar-refractivity contribution in [3.05, 3.63) is 58.7 Å². The predicted molar refractivity (Wildman–Crippen MR) is 117 cm³/mol. The molecule has 2 aromatic carbocycles. The van der Waals surface area contributed by atoms with E-state index in [1.54, 1.807) is 0 Å². The van der Waals surface area contributed by atoms with Gasteiger partial charge in [0, 0.05) is 5.69 Å². The van der Waals surface area contributed by atoms with Crippen molar-refractivity contribution in [3.63, 3.8) is 0 Å². The van der Waals surface area contributed by atoms with Crippen molar-refractivity contribution < 1.29 is 23.9 Å². The predicted octanol–water partition coefficient (Wildman–Crippen LogP) is 2.86. The van der Waals surface area contributed by atoms with Crippen LogP contribution in [0.2, 0.25) is 0 Å². The van der Waals surface area contributed by atoms with Crippen LogP contribution in [0.1, 0.15) is 35.6 Å². The first-order valence-electron chi connectivity index (χ1n) is 10.4. The molecule has 7 nitrogen and oxygen atoms in total. The van der Waals surface area contributed by atoms with Gasteiger partial charge in [0.15, 0.2) is 12.7 Å². The second-order valence-electron chi connectivity index (χ2n) is 7.74. The fraction of sp³-hybridized carbons (Fsp3) is 0.375. The zero-order valence-corrected chi connectivity index (χ0v) is 18.1. The quantitative estimate of drug-likeness (QED) is 0.636. The molecule has 1 aliphatic carbocycles. The summed E-state index contributed by atoms with van der Waals surface area (Å²) >= 11 is 0. The van der Waals surface area contributed by atoms with E-state index in [9.17, 15) is 14.4 Å². The molecule has 0 aromatic heterocycles. The molecule has 2 aromatic rings. The highest BCUT2D eigenvalue weighted by Crippen LogP contribution is 2.26. The molecule has 1 unspecified atom stereocenters. The second-order valence-corrected chi connectivity index (χ2v) is 7.74. The molecule has 0 saturated carbocycles. The maximum absolute atomic E-state index is 12.2. The van der Waals surface area contributed by atoms with Crippen LogP contribution in [0.25, 0.3) is 0 Å². The lowest BCUT2D eigenvalue weighted by molar-refractivity contribution is -0.156. The first-order chi connectivity index (χ1) is 14.8. The molecule has 0 saturated heterocycles. The molecule has 0 spiro atoms. The van der Waals surface area contributed by atoms with Gasteiger partial charge in [-0.25, -0.2) is 4.79 Å². The average molecular weight is 424 g/mol. The number of nitrogens with one attached hydrogen (secondary N) is 2. The van der Waals surface area contributed by atoms with E-state index in [4.69, 9.17) is 9.47 Å². The van der Waals surface area contributed by atoms with Crippen LogP contribution >= 0.6 is 0 Å². The minimum atomic E-state index is -1.04. The van der Waals surface area contributed by atoms with Crippen molar-refractivity contribution >= 4 is 23.5 Å². The van der Waals surface area contributed by atoms with E-state index >= 15 is 0 Å². The fourth-order valence-corrected chi connectivity index (χ4v) is 3.57. The monoisotopic (exact) mass is 424 g/mol. The number of esters is 1. The molecule has 0 radical (unpaired) electrons. The number of hydrogen-bond acceptors (Lipinski definition) is 5. The SMILES string of the molecule is Cc1cccc(C)c1NC(=O)CNC(=O)C(C)OC(=O)COc1ccc2c(c1)CCC2. The Kier molecular flexibility index (Phi) is 7.28. The Hall–Kier alpha value is -3.35. The first kappa shape index (κ1) is 22.3. The van der Waals surface area contributed by atoms with Crippen molar-refractivity contribution in [2.75, 3.05) is 18.5 Å². The highest BCUT2D eigenvalue weighted by Gasteiger charge is 2.19. The molecule has 2 N–H and O–H groups in total. The van der Waals surface area contributed by atoms with Gasteiger partial charge in [0.25, 0.3) is 5.91 Å². The summed E-state index contributed by atoms with van der Waals surface area (Å²) in [4.78, 5) is 36.3. The summed E-state index contributed by atoms with van der Waals surface area (Å²) in [6.45, 7) is 4.73. The van der Waals surface area contributed by atoms with E-state index in [1.165, 1.54) is 18.1 Å². The maximum atomic E-state index is 12.2. The zero-order valence-electron chi connectivity index (χ0n) is 18.1. The van der Waals surface area contributed by atoms with Gasteiger partial charge in [0.1, 0.15) is 5.75 Å². The van der Waals surface area contributed by atoms with Crippen molar-refractivity contribution in [1.29, 1.82) is 0 Å². The topological polar surface area (TPSA) is 93.7 Å². The minimum absolute atomic E-state index is 0.222. The number of fused-ring (bicyclic) bond motifs is 1. The van der Waals surface area contributed by atoms with E-state index in [0.29, 0.717) is 5.75 Å². The Morgan fingerprint density at radius 3 is 2.48 bits per heavy atom. The van der Waals surface area contributed by atoms with Gasteiger partial charge in [-0.05, 0) is 74.4 Å². The molecule has 0 fully saturated rings. The van der Waals surface area contributed by atoms with Crippen molar-refractivity contribution in [1.82, 2.24) is 5.32 Å². The van der Waals surface area contributed by atoms with Gasteiger partial charge in [-0.15, -0.1) is 0 Å². The normalized spacial score (nSPS) is 13.1. The Balaban J connectivity index is 1.40. The Bertz CT molecular complexity index is 966. The van der Waals surface area contributed by atoms with Crippen LogP contribution in [0.3, 0.4) is 0 Å². The molecule has 1 atom stereocenters. The molecule has 164 valence electrons. The van der Waals surface area contributed by atoms with Crippen molar-refractivity contribution in [2.24, 2.45) is 0 Å². The Morgan fingerprint density at radius 1 is 1.03 bits per heavy atom. The third-order valence-electron chi connectivity index (χ3n) is 5.27. The van der Waals surface area contributed by atoms with Gasteiger partial charge >= 0.3 is 5.97 Å². The van der Waals surface area contributed by atoms with Crippen LogP contribution in [0, 0.1) is 13.8 Å². The molecule has 31 heavy (non-hydrogen) atoms. The third kappa shape index (κ3) is 6.07. The number of carbonyl (C=O) groups is 3. The van der Waals surface area contributed by atoms with Crippen LogP contribution in [0.5, 0.6) is 5.75 Å². The van der Waals surface area contributed by atoms with Gasteiger partial charge in [-0.1, -0.05) is 24.3 Å². The molecule has 2 amide bonds. The molecule has 1 aliphatic rings. The largest absolute Gasteiger partial charge is 0.482 e. The molecular formula is C24H28N2O5. The first-order valence-corrected chi connectivity index (χ1v) is 10.4. The molecule has 0 aliphatic heterocycles. The van der Waals surface area contributed by atoms with Crippen LogP contribution in [0.15, 0.2) is 36.4 Å². The zero-order chi connectivity index (χ0) is 22.4. The number of hydrogen-bond donors (Lipinski definition) is 2. The van der Waals surface area contributed by atoms with Gasteiger partial charge < -0.3 is 20.1 Å². The minimum Gasteiger partial charge on any atom is -0.482 e. The standard InChI is InChI=1S/C24H28N2O5/c1-15-6-4-7-16(2)23(15)26-21(27)13-25-24(29)17(3)31-22(28)14-30-20-11-10-18-8-5-9-19(18)12-20/h4,6-7,10-12,17H,5,8-9,13-14H2,1-3H3,(H,25,29)(H,26,27). The molecule has 0 heterocycles. The third-order valence-corrected chi connectivity index (χ3v) is 5.27. The number of ether oxygens (including phenoxy) is 2. The lowest BCUT2D eigenvalue weighted by Gasteiger charge is -2.15. The van der Waals surface area contributed by atoms with E-state index in [-0.39, 0.29) is 19.1 Å². The fourth-order valence-electron chi connectivity index (χ4n) is 3.57. The van der Waals surface area contributed by atoms with Crippen LogP contribution in [-0.4, -0.2) is 37.0 Å². The number of aryl methyl sites for hydroxylation is 4. The van der Waals surface area contributed by atoms with E-state index in [1.807, 2.05) is 50.2 Å². The van der Waals surface area contributed by atoms with E-state index in [0.717, 1.165) is 36.1 Å². The summed E-state index contributed by atoms with van der Waals surface area (Å²) in [5.41, 5.74) is 5.17. The summed E-state index contributed by atoms with van der Waals surface area (Å²) in [5.74, 6) is -0.951. The van der Waals surface area contributed by atoms with Crippen LogP contribution < -0.4 is 15.4 Å². The van der Waals surface area contributed by atoms with Crippen LogP contribution in [-0.2, 0) is 32.0 Å². The number of carbonyl (C=O) groups excluding carboxylic acids is 3. The highest BCUT2D eigenvalue weighted by molar-refractivity contribution is 5.96. The van der Waals surface area contributed by atoms with E-state index < -0.39 is 18.0 Å². The number of anilines is 1. The Labute approximate surface area is 182 Å². The number of amides is 2. The molecule has 7 heteroatoms. The number of benzene rings is 2. The molecular weight excluding hydrogens is 396 g/mol. The van der Waals surface area contributed by atoms with Gasteiger partial charge in [-0.3, -0.25) is 9.59 Å². The highest BCUT2D eigenvalue weighted by atomic mass is 16.6. The van der Waals surface area contributed by atoms with E-state index in [2.05, 4.69) is 10.6 Å². The smallest absolute Gasteiger partial charge is 0.344 e. The number of rotatable bonds is 8. The molecule has 0 bridgehead atoms. The second kappa shape index (κ2) is 10.1. The van der Waals surface area contributed by atoms with Crippen molar-refractivity contribution in [2.45, 2.75) is 46.1 Å². The summed E-state index contributed by atoms with van der Waals surface area (Å²) in [5, 5.41) is 5.27. The summed E-state index contributed by atoms with van der Waals surface area (Å²) in [7, 11) is 0. The van der Waals surface area contributed by atoms with Crippen LogP contribution in [0.4, 0.5) is 5.69 Å². The summed E-state index contributed by atoms with van der Waals surface area (Å²) in [6.07, 6.45) is 2.19. The maximum Gasteiger partial charge on any atom is 0.344 e.